The number of likely N-dealkylation sites (N-methyl/N-ethyl adjacent to an activating group) is 1. The predicted octanol–water partition coefficient (Wildman–Crippen LogP) is 2.08. The van der Waals surface area contributed by atoms with E-state index in [1.165, 1.54) is 5.56 Å². The van der Waals surface area contributed by atoms with Crippen molar-refractivity contribution in [2.45, 2.75) is 37.9 Å². The molecule has 2 saturated heterocycles. The minimum absolute atomic E-state index is 0.0343. The zero-order chi connectivity index (χ0) is 16.1. The summed E-state index contributed by atoms with van der Waals surface area (Å²) < 4.78 is 5.37. The molecule has 0 spiro atoms. The number of carbonyl (C=O) groups excluding carboxylic acids is 1. The van der Waals surface area contributed by atoms with Crippen LogP contribution in [0.25, 0.3) is 0 Å². The van der Waals surface area contributed by atoms with Crippen molar-refractivity contribution in [2.75, 3.05) is 33.4 Å². The van der Waals surface area contributed by atoms with Crippen molar-refractivity contribution < 1.29 is 9.53 Å². The lowest BCUT2D eigenvalue weighted by atomic mass is 10.0. The number of nitrogens with one attached hydrogen (secondary N) is 1. The minimum atomic E-state index is 0.0343. The highest BCUT2D eigenvalue weighted by atomic mass is 16.5. The van der Waals surface area contributed by atoms with E-state index >= 15 is 0 Å². The summed E-state index contributed by atoms with van der Waals surface area (Å²) in [6.07, 6.45) is 3.13. The van der Waals surface area contributed by atoms with Gasteiger partial charge in [-0.05, 0) is 31.4 Å². The van der Waals surface area contributed by atoms with Gasteiger partial charge in [0, 0.05) is 32.8 Å². The Morgan fingerprint density at radius 3 is 2.91 bits per heavy atom. The Labute approximate surface area is 138 Å². The molecule has 0 aromatic heterocycles. The molecule has 2 heterocycles. The van der Waals surface area contributed by atoms with Gasteiger partial charge in [-0.15, -0.1) is 0 Å². The number of amides is 2. The lowest BCUT2D eigenvalue weighted by molar-refractivity contribution is 0.146. The van der Waals surface area contributed by atoms with Crippen LogP contribution in [0, 0.1) is 0 Å². The van der Waals surface area contributed by atoms with Gasteiger partial charge in [0.2, 0.25) is 0 Å². The smallest absolute Gasteiger partial charge is 0.317 e. The van der Waals surface area contributed by atoms with Crippen LogP contribution in [0.15, 0.2) is 30.3 Å². The van der Waals surface area contributed by atoms with Crippen molar-refractivity contribution in [1.82, 2.24) is 15.1 Å². The van der Waals surface area contributed by atoms with Gasteiger partial charge >= 0.3 is 6.03 Å². The van der Waals surface area contributed by atoms with Gasteiger partial charge in [-0.1, -0.05) is 30.3 Å². The van der Waals surface area contributed by atoms with E-state index in [9.17, 15) is 4.79 Å². The van der Waals surface area contributed by atoms with Crippen molar-refractivity contribution >= 4 is 6.03 Å². The van der Waals surface area contributed by atoms with Gasteiger partial charge in [0.05, 0.1) is 12.6 Å². The average molecular weight is 317 g/mol. The number of hydrogen-bond acceptors (Lipinski definition) is 3. The summed E-state index contributed by atoms with van der Waals surface area (Å²) in [5.41, 5.74) is 1.33. The van der Waals surface area contributed by atoms with Gasteiger partial charge < -0.3 is 15.0 Å². The van der Waals surface area contributed by atoms with Gasteiger partial charge in [0.25, 0.3) is 0 Å². The van der Waals surface area contributed by atoms with E-state index in [4.69, 9.17) is 4.74 Å². The molecule has 0 aliphatic carbocycles. The molecule has 0 unspecified atom stereocenters. The van der Waals surface area contributed by atoms with Crippen LogP contribution in [0.3, 0.4) is 0 Å². The monoisotopic (exact) mass is 317 g/mol. The average Bonchev–Trinajstić information content (AvgIpc) is 3.10. The zero-order valence-electron chi connectivity index (χ0n) is 13.9. The van der Waals surface area contributed by atoms with E-state index in [1.54, 1.807) is 0 Å². The zero-order valence-corrected chi connectivity index (χ0v) is 13.9. The second-order valence-corrected chi connectivity index (χ2v) is 6.64. The second kappa shape index (κ2) is 7.79. The van der Waals surface area contributed by atoms with Crippen LogP contribution in [0.1, 0.15) is 24.8 Å². The van der Waals surface area contributed by atoms with Crippen molar-refractivity contribution in [3.8, 4) is 0 Å². The summed E-state index contributed by atoms with van der Waals surface area (Å²) in [6.45, 7) is 4.41. The van der Waals surface area contributed by atoms with Crippen LogP contribution in [-0.4, -0.2) is 61.3 Å². The topological polar surface area (TPSA) is 44.8 Å². The number of carbonyl (C=O) groups is 1. The number of ether oxygens (including phenoxy) is 1. The summed E-state index contributed by atoms with van der Waals surface area (Å²) in [7, 11) is 1.87. The first-order valence-electron chi connectivity index (χ1n) is 8.60. The highest BCUT2D eigenvalue weighted by molar-refractivity contribution is 5.74. The molecule has 2 aliphatic heterocycles. The first kappa shape index (κ1) is 16.3. The second-order valence-electron chi connectivity index (χ2n) is 6.64. The fraction of sp³-hybridized carbons (Fsp3) is 0.611. The Balaban J connectivity index is 1.49. The molecule has 1 N–H and O–H groups in total. The molecule has 23 heavy (non-hydrogen) atoms. The number of piperidine rings is 1. The molecule has 126 valence electrons. The van der Waals surface area contributed by atoms with Gasteiger partial charge in [0.1, 0.15) is 0 Å². The highest BCUT2D eigenvalue weighted by Crippen LogP contribution is 2.15. The largest absolute Gasteiger partial charge is 0.379 e. The Hall–Kier alpha value is -1.59. The van der Waals surface area contributed by atoms with Crippen molar-refractivity contribution in [2.24, 2.45) is 0 Å². The number of hydrogen-bond donors (Lipinski definition) is 1. The summed E-state index contributed by atoms with van der Waals surface area (Å²) >= 11 is 0. The number of nitrogens with zero attached hydrogens (tertiary/aromatic N) is 2. The molecule has 0 radical (unpaired) electrons. The van der Waals surface area contributed by atoms with E-state index in [0.29, 0.717) is 6.61 Å². The Bertz CT molecular complexity index is 502. The van der Waals surface area contributed by atoms with E-state index in [-0.39, 0.29) is 18.1 Å². The van der Waals surface area contributed by atoms with Crippen LogP contribution in [0.5, 0.6) is 0 Å². The predicted molar refractivity (Wildman–Crippen MR) is 90.3 cm³/mol. The molecule has 2 fully saturated rings. The third kappa shape index (κ3) is 4.45. The van der Waals surface area contributed by atoms with Gasteiger partial charge in [-0.3, -0.25) is 4.90 Å². The molecule has 2 amide bonds. The van der Waals surface area contributed by atoms with Crippen LogP contribution < -0.4 is 5.32 Å². The quantitative estimate of drug-likeness (QED) is 0.925. The van der Waals surface area contributed by atoms with Crippen LogP contribution >= 0.6 is 0 Å². The summed E-state index contributed by atoms with van der Waals surface area (Å²) in [4.78, 5) is 16.6. The first-order valence-corrected chi connectivity index (χ1v) is 8.60. The first-order chi connectivity index (χ1) is 11.2. The Kier molecular flexibility index (Phi) is 5.51. The highest BCUT2D eigenvalue weighted by Gasteiger charge is 2.27. The third-order valence-corrected chi connectivity index (χ3v) is 4.86. The standard InChI is InChI=1S/C18H27N3O2/c1-20(17-9-11-23-14-17)18(22)19-16-8-5-10-21(13-16)12-15-6-3-2-4-7-15/h2-4,6-7,16-17H,5,8-14H2,1H3,(H,19,22)/t16-,17-/m0/s1. The van der Waals surface area contributed by atoms with Crippen molar-refractivity contribution in [1.29, 1.82) is 0 Å². The van der Waals surface area contributed by atoms with Crippen LogP contribution in [0.4, 0.5) is 4.79 Å². The molecule has 5 heteroatoms. The van der Waals surface area contributed by atoms with E-state index in [1.807, 2.05) is 18.0 Å². The fourth-order valence-electron chi connectivity index (χ4n) is 3.43. The number of likely N-dealkylation sites (tertiary alicyclic amines) is 1. The Morgan fingerprint density at radius 2 is 2.17 bits per heavy atom. The molecule has 0 saturated carbocycles. The number of benzene rings is 1. The van der Waals surface area contributed by atoms with Gasteiger partial charge in [-0.25, -0.2) is 4.79 Å². The molecular formula is C18H27N3O2. The maximum Gasteiger partial charge on any atom is 0.317 e. The van der Waals surface area contributed by atoms with Crippen LogP contribution in [-0.2, 0) is 11.3 Å². The molecule has 2 aliphatic rings. The normalized spacial score (nSPS) is 25.3. The SMILES string of the molecule is CN(C(=O)N[C@H]1CCCN(Cc2ccccc2)C1)[C@H]1CCOC1. The molecule has 3 rings (SSSR count). The molecule has 0 bridgehead atoms. The van der Waals surface area contributed by atoms with Gasteiger partial charge in [0.15, 0.2) is 0 Å². The molecule has 1 aromatic rings. The number of rotatable bonds is 4. The lowest BCUT2D eigenvalue weighted by Crippen LogP contribution is -2.52. The summed E-state index contributed by atoms with van der Waals surface area (Å²) in [6, 6.07) is 11.0. The molecule has 5 nitrogen and oxygen atoms in total. The lowest BCUT2D eigenvalue weighted by Gasteiger charge is -2.34. The maximum atomic E-state index is 12.4. The van der Waals surface area contributed by atoms with E-state index < -0.39 is 0 Å². The number of urea groups is 1. The van der Waals surface area contributed by atoms with E-state index in [2.05, 4.69) is 34.5 Å². The molecule has 1 aromatic carbocycles. The van der Waals surface area contributed by atoms with Crippen LogP contribution in [0.2, 0.25) is 0 Å². The minimum Gasteiger partial charge on any atom is -0.379 e. The molecule has 2 atom stereocenters. The van der Waals surface area contributed by atoms with Crippen molar-refractivity contribution in [3.05, 3.63) is 35.9 Å². The summed E-state index contributed by atoms with van der Waals surface area (Å²) in [5.74, 6) is 0. The van der Waals surface area contributed by atoms with Crippen molar-refractivity contribution in [3.63, 3.8) is 0 Å². The van der Waals surface area contributed by atoms with Gasteiger partial charge in [-0.2, -0.15) is 0 Å². The fourth-order valence-corrected chi connectivity index (χ4v) is 3.43. The maximum absolute atomic E-state index is 12.4. The van der Waals surface area contributed by atoms with E-state index in [0.717, 1.165) is 45.5 Å². The third-order valence-electron chi connectivity index (χ3n) is 4.86. The summed E-state index contributed by atoms with van der Waals surface area (Å²) in [5, 5.41) is 3.20. The molecular weight excluding hydrogens is 290 g/mol. The Morgan fingerprint density at radius 1 is 1.35 bits per heavy atom.